The Morgan fingerprint density at radius 1 is 1.24 bits per heavy atom. The van der Waals surface area contributed by atoms with E-state index in [-0.39, 0.29) is 23.8 Å². The van der Waals surface area contributed by atoms with Gasteiger partial charge in [0.15, 0.2) is 0 Å². The Bertz CT molecular complexity index is 1210. The van der Waals surface area contributed by atoms with E-state index in [1.807, 2.05) is 6.07 Å². The zero-order valence-electron chi connectivity index (χ0n) is 16.1. The number of nitrogens with zero attached hydrogens (tertiary/aromatic N) is 1. The topological polar surface area (TPSA) is 109 Å². The maximum Gasteiger partial charge on any atom is 0.374 e. The summed E-state index contributed by atoms with van der Waals surface area (Å²) < 4.78 is 38.4. The first-order chi connectivity index (χ1) is 13.9. The highest BCUT2D eigenvalue weighted by Crippen LogP contribution is 2.28. The van der Waals surface area contributed by atoms with Crippen LogP contribution < -0.4 is 4.72 Å². The Morgan fingerprint density at radius 3 is 2.76 bits per heavy atom. The van der Waals surface area contributed by atoms with E-state index >= 15 is 0 Å². The van der Waals surface area contributed by atoms with Gasteiger partial charge in [-0.3, -0.25) is 0 Å². The number of nitriles is 1. The number of esters is 1. The van der Waals surface area contributed by atoms with Crippen LogP contribution in [0, 0.1) is 18.3 Å². The van der Waals surface area contributed by atoms with Crippen LogP contribution >= 0.6 is 0 Å². The predicted octanol–water partition coefficient (Wildman–Crippen LogP) is 3.31. The molecular formula is C21H20N2O5S. The Kier molecular flexibility index (Phi) is 6.01. The minimum Gasteiger partial charge on any atom is -0.460 e. The van der Waals surface area contributed by atoms with E-state index in [9.17, 15) is 13.2 Å². The Labute approximate surface area is 168 Å². The summed E-state index contributed by atoms with van der Waals surface area (Å²) in [5.74, 6) is -0.509. The second-order valence-electron chi connectivity index (χ2n) is 6.39. The standard InChI is InChI=1S/C21H20N2O5S/c1-3-27-21(24)20-14(2)18-12-17(7-8-19(18)28-20)29(25,26)23-10-9-15-5-4-6-16(11-15)13-22/h4-8,11-12,23H,3,9-10H2,1-2H3. The van der Waals surface area contributed by atoms with E-state index in [1.165, 1.54) is 18.2 Å². The molecular weight excluding hydrogens is 392 g/mol. The Morgan fingerprint density at radius 2 is 2.03 bits per heavy atom. The first-order valence-corrected chi connectivity index (χ1v) is 10.5. The molecule has 0 bridgehead atoms. The summed E-state index contributed by atoms with van der Waals surface area (Å²) in [5, 5.41) is 9.48. The average Bonchev–Trinajstić information content (AvgIpc) is 3.04. The SMILES string of the molecule is CCOC(=O)c1oc2ccc(S(=O)(=O)NCCc3cccc(C#N)c3)cc2c1C. The number of benzene rings is 2. The van der Waals surface area contributed by atoms with Crippen LogP contribution in [0.2, 0.25) is 0 Å². The smallest absolute Gasteiger partial charge is 0.374 e. The number of sulfonamides is 1. The average molecular weight is 412 g/mol. The van der Waals surface area contributed by atoms with Crippen molar-refractivity contribution in [2.24, 2.45) is 0 Å². The highest BCUT2D eigenvalue weighted by Gasteiger charge is 2.21. The summed E-state index contributed by atoms with van der Waals surface area (Å²) in [6, 6.07) is 13.5. The van der Waals surface area contributed by atoms with Gasteiger partial charge in [0, 0.05) is 17.5 Å². The monoisotopic (exact) mass is 412 g/mol. The molecule has 150 valence electrons. The van der Waals surface area contributed by atoms with E-state index in [4.69, 9.17) is 14.4 Å². The van der Waals surface area contributed by atoms with Crippen LogP contribution in [-0.2, 0) is 21.2 Å². The lowest BCUT2D eigenvalue weighted by Gasteiger charge is -2.07. The van der Waals surface area contributed by atoms with Gasteiger partial charge in [0.1, 0.15) is 5.58 Å². The summed E-state index contributed by atoms with van der Waals surface area (Å²) in [7, 11) is -3.75. The van der Waals surface area contributed by atoms with Gasteiger partial charge in [-0.1, -0.05) is 12.1 Å². The van der Waals surface area contributed by atoms with Gasteiger partial charge in [-0.05, 0) is 56.2 Å². The fourth-order valence-electron chi connectivity index (χ4n) is 2.97. The van der Waals surface area contributed by atoms with Crippen molar-refractivity contribution in [3.63, 3.8) is 0 Å². The van der Waals surface area contributed by atoms with Gasteiger partial charge in [0.25, 0.3) is 0 Å². The molecule has 0 fully saturated rings. The van der Waals surface area contributed by atoms with Crippen molar-refractivity contribution in [1.29, 1.82) is 5.26 Å². The number of hydrogen-bond acceptors (Lipinski definition) is 6. The Balaban J connectivity index is 1.78. The highest BCUT2D eigenvalue weighted by molar-refractivity contribution is 7.89. The second-order valence-corrected chi connectivity index (χ2v) is 8.16. The molecule has 29 heavy (non-hydrogen) atoms. The van der Waals surface area contributed by atoms with Crippen molar-refractivity contribution in [3.05, 3.63) is 64.9 Å². The maximum atomic E-state index is 12.7. The maximum absolute atomic E-state index is 12.7. The van der Waals surface area contributed by atoms with Gasteiger partial charge in [0.05, 0.1) is 23.1 Å². The van der Waals surface area contributed by atoms with Gasteiger partial charge < -0.3 is 9.15 Å². The summed E-state index contributed by atoms with van der Waals surface area (Å²) in [6.07, 6.45) is 0.453. The molecule has 0 amide bonds. The van der Waals surface area contributed by atoms with Crippen molar-refractivity contribution < 1.29 is 22.4 Å². The fraction of sp³-hybridized carbons (Fsp3) is 0.238. The number of carbonyl (C=O) groups is 1. The Hall–Kier alpha value is -3.15. The first kappa shape index (κ1) is 20.6. The summed E-state index contributed by atoms with van der Waals surface area (Å²) in [5.41, 5.74) is 2.34. The van der Waals surface area contributed by atoms with Gasteiger partial charge in [-0.25, -0.2) is 17.9 Å². The number of furan rings is 1. The van der Waals surface area contributed by atoms with E-state index in [0.717, 1.165) is 5.56 Å². The molecule has 7 nitrogen and oxygen atoms in total. The predicted molar refractivity (Wildman–Crippen MR) is 107 cm³/mol. The van der Waals surface area contributed by atoms with Crippen molar-refractivity contribution >= 4 is 27.0 Å². The minimum absolute atomic E-state index is 0.0710. The molecule has 2 aromatic carbocycles. The number of hydrogen-bond donors (Lipinski definition) is 1. The number of nitrogens with one attached hydrogen (secondary N) is 1. The number of carbonyl (C=O) groups excluding carboxylic acids is 1. The van der Waals surface area contributed by atoms with Crippen LogP contribution in [0.3, 0.4) is 0 Å². The van der Waals surface area contributed by atoms with Crippen LogP contribution in [0.25, 0.3) is 11.0 Å². The summed E-state index contributed by atoms with van der Waals surface area (Å²) in [4.78, 5) is 12.1. The summed E-state index contributed by atoms with van der Waals surface area (Å²) in [6.45, 7) is 3.79. The largest absolute Gasteiger partial charge is 0.460 e. The molecule has 0 aliphatic rings. The lowest BCUT2D eigenvalue weighted by Crippen LogP contribution is -2.26. The molecule has 1 N–H and O–H groups in total. The van der Waals surface area contributed by atoms with Crippen LogP contribution in [0.15, 0.2) is 51.8 Å². The van der Waals surface area contributed by atoms with E-state index in [2.05, 4.69) is 10.8 Å². The molecule has 0 saturated heterocycles. The summed E-state index contributed by atoms with van der Waals surface area (Å²) >= 11 is 0. The second kappa shape index (κ2) is 8.47. The van der Waals surface area contributed by atoms with Crippen LogP contribution in [0.1, 0.15) is 34.2 Å². The van der Waals surface area contributed by atoms with Gasteiger partial charge in [-0.2, -0.15) is 5.26 Å². The quantitative estimate of drug-likeness (QED) is 0.596. The molecule has 8 heteroatoms. The molecule has 0 unspecified atom stereocenters. The lowest BCUT2D eigenvalue weighted by molar-refractivity contribution is 0.0491. The highest BCUT2D eigenvalue weighted by atomic mass is 32.2. The van der Waals surface area contributed by atoms with E-state index in [1.54, 1.807) is 32.0 Å². The van der Waals surface area contributed by atoms with E-state index < -0.39 is 16.0 Å². The molecule has 1 heterocycles. The first-order valence-electron chi connectivity index (χ1n) is 9.04. The van der Waals surface area contributed by atoms with Crippen LogP contribution in [0.5, 0.6) is 0 Å². The molecule has 0 aliphatic heterocycles. The fourth-order valence-corrected chi connectivity index (χ4v) is 4.03. The number of rotatable bonds is 7. The molecule has 0 saturated carbocycles. The number of ether oxygens (including phenoxy) is 1. The van der Waals surface area contributed by atoms with Gasteiger partial charge in [-0.15, -0.1) is 0 Å². The minimum atomic E-state index is -3.75. The molecule has 0 aliphatic carbocycles. The van der Waals surface area contributed by atoms with Crippen molar-refractivity contribution in [3.8, 4) is 6.07 Å². The van der Waals surface area contributed by atoms with Gasteiger partial charge in [0.2, 0.25) is 15.8 Å². The molecule has 3 aromatic rings. The normalized spacial score (nSPS) is 11.3. The molecule has 0 atom stereocenters. The number of aryl methyl sites for hydroxylation is 1. The van der Waals surface area contributed by atoms with Crippen molar-refractivity contribution in [2.75, 3.05) is 13.2 Å². The lowest BCUT2D eigenvalue weighted by atomic mass is 10.1. The molecule has 1 aromatic heterocycles. The molecule has 0 spiro atoms. The third kappa shape index (κ3) is 4.47. The third-order valence-corrected chi connectivity index (χ3v) is 5.90. The zero-order valence-corrected chi connectivity index (χ0v) is 16.9. The van der Waals surface area contributed by atoms with Crippen LogP contribution in [0.4, 0.5) is 0 Å². The van der Waals surface area contributed by atoms with Crippen LogP contribution in [-0.4, -0.2) is 27.5 Å². The van der Waals surface area contributed by atoms with Gasteiger partial charge >= 0.3 is 5.97 Å². The molecule has 0 radical (unpaired) electrons. The van der Waals surface area contributed by atoms with Crippen molar-refractivity contribution in [2.45, 2.75) is 25.2 Å². The molecule has 3 rings (SSSR count). The van der Waals surface area contributed by atoms with Crippen molar-refractivity contribution in [1.82, 2.24) is 4.72 Å². The third-order valence-electron chi connectivity index (χ3n) is 4.44. The zero-order chi connectivity index (χ0) is 21.0. The van der Waals surface area contributed by atoms with E-state index in [0.29, 0.717) is 28.5 Å². The number of fused-ring (bicyclic) bond motifs is 1.